The summed E-state index contributed by atoms with van der Waals surface area (Å²) in [5, 5.41) is 0.779. The van der Waals surface area contributed by atoms with Crippen molar-refractivity contribution in [2.24, 2.45) is 0 Å². The van der Waals surface area contributed by atoms with Crippen molar-refractivity contribution in [1.82, 2.24) is 19.5 Å². The van der Waals surface area contributed by atoms with Crippen molar-refractivity contribution in [3.8, 4) is 5.75 Å². The molecule has 1 saturated heterocycles. The first-order chi connectivity index (χ1) is 15.9. The molecule has 3 aromatic rings. The number of H-pyrrole nitrogens is 1. The fraction of sp³-hybridized carbons (Fsp3) is 0.375. The molecule has 1 unspecified atom stereocenters. The number of para-hydroxylation sites is 1. The maximum absolute atomic E-state index is 13.1. The molecule has 2 N–H and O–H groups in total. The number of rotatable bonds is 9. The third kappa shape index (κ3) is 7.42. The van der Waals surface area contributed by atoms with E-state index in [9.17, 15) is 13.2 Å². The van der Waals surface area contributed by atoms with Crippen molar-refractivity contribution >= 4 is 45.6 Å². The molecule has 4 rings (SSSR count). The molecule has 0 amide bonds. The van der Waals surface area contributed by atoms with Gasteiger partial charge in [0.2, 0.25) is 10.0 Å². The first kappa shape index (κ1) is 29.1. The van der Waals surface area contributed by atoms with Gasteiger partial charge in [-0.15, -0.1) is 24.8 Å². The van der Waals surface area contributed by atoms with Crippen LogP contribution in [0.5, 0.6) is 5.75 Å². The molecule has 0 saturated carbocycles. The summed E-state index contributed by atoms with van der Waals surface area (Å²) >= 11 is 0. The first-order valence-electron chi connectivity index (χ1n) is 11.2. The Balaban J connectivity index is 0.00000216. The van der Waals surface area contributed by atoms with Gasteiger partial charge in [-0.3, -0.25) is 9.69 Å². The lowest BCUT2D eigenvalue weighted by Gasteiger charge is -2.38. The fourth-order valence-electron chi connectivity index (χ4n) is 4.16. The second kappa shape index (κ2) is 13.2. The number of hydrogen-bond donors (Lipinski definition) is 2. The number of aromatic amines is 1. The number of nitrogens with zero attached hydrogens (tertiary/aromatic N) is 2. The summed E-state index contributed by atoms with van der Waals surface area (Å²) < 4.78 is 34.7. The highest BCUT2D eigenvalue weighted by Gasteiger charge is 2.26. The molecule has 1 atom stereocenters. The third-order valence-electron chi connectivity index (χ3n) is 5.98. The number of sulfonamides is 1. The Kier molecular flexibility index (Phi) is 11.0. The van der Waals surface area contributed by atoms with Crippen molar-refractivity contribution < 1.29 is 13.2 Å². The van der Waals surface area contributed by atoms with Crippen molar-refractivity contribution in [1.29, 1.82) is 0 Å². The minimum atomic E-state index is -3.78. The summed E-state index contributed by atoms with van der Waals surface area (Å²) in [7, 11) is -3.78. The van der Waals surface area contributed by atoms with Crippen LogP contribution in [-0.2, 0) is 10.0 Å². The average Bonchev–Trinajstić information content (AvgIpc) is 2.82. The number of fused-ring (bicyclic) bond motifs is 1. The van der Waals surface area contributed by atoms with E-state index in [-0.39, 0.29) is 41.4 Å². The Morgan fingerprint density at radius 1 is 0.971 bits per heavy atom. The topological polar surface area (TPSA) is 94.7 Å². The van der Waals surface area contributed by atoms with Crippen molar-refractivity contribution in [3.05, 3.63) is 71.1 Å². The molecule has 0 aliphatic carbocycles. The summed E-state index contributed by atoms with van der Waals surface area (Å²) in [6, 6.07) is 16.2. The number of nitrogens with one attached hydrogen (secondary N) is 2. The Bertz CT molecular complexity index is 1230. The normalized spacial score (nSPS) is 15.7. The smallest absolute Gasteiger partial charge is 0.255 e. The first-order valence-corrected chi connectivity index (χ1v) is 12.7. The van der Waals surface area contributed by atoms with Gasteiger partial charge in [0.15, 0.2) is 0 Å². The van der Waals surface area contributed by atoms with E-state index in [1.807, 2.05) is 37.3 Å². The van der Waals surface area contributed by atoms with Gasteiger partial charge in [-0.1, -0.05) is 24.3 Å². The molecule has 0 bridgehead atoms. The summed E-state index contributed by atoms with van der Waals surface area (Å²) in [4.78, 5) is 19.2. The molecule has 35 heavy (non-hydrogen) atoms. The van der Waals surface area contributed by atoms with Crippen LogP contribution in [0.4, 0.5) is 0 Å². The number of pyridine rings is 1. The standard InChI is InChI=1S/C24H30N4O4S.2ClH/c1-19(26-33(30,31)23-10-5-9-22-21(23)11-12-25-24(22)29)28-16-14-27(15-17-28)13-6-18-32-20-7-3-2-4-8-20;;/h2-5,7-12,19,26H,6,13-18H2,1H3,(H,25,29);2*1H. The SMILES string of the molecule is CC(NS(=O)(=O)c1cccc2c(=O)[nH]ccc12)N1CCN(CCCOc2ccccc2)CC1.Cl.Cl. The Morgan fingerprint density at radius 3 is 2.40 bits per heavy atom. The maximum atomic E-state index is 13.1. The van der Waals surface area contributed by atoms with Crippen LogP contribution in [0.25, 0.3) is 10.8 Å². The molecule has 2 heterocycles. The molecule has 11 heteroatoms. The zero-order valence-electron chi connectivity index (χ0n) is 19.6. The van der Waals surface area contributed by atoms with Crippen LogP contribution in [0.1, 0.15) is 13.3 Å². The molecule has 192 valence electrons. The van der Waals surface area contributed by atoms with Crippen molar-refractivity contribution in [3.63, 3.8) is 0 Å². The van der Waals surface area contributed by atoms with Gasteiger partial charge in [0, 0.05) is 49.7 Å². The van der Waals surface area contributed by atoms with Crippen LogP contribution in [0.15, 0.2) is 70.5 Å². The van der Waals surface area contributed by atoms with Gasteiger partial charge in [-0.25, -0.2) is 8.42 Å². The molecule has 8 nitrogen and oxygen atoms in total. The molecule has 1 aliphatic rings. The van der Waals surface area contributed by atoms with Crippen LogP contribution >= 0.6 is 24.8 Å². The molecule has 1 aliphatic heterocycles. The van der Waals surface area contributed by atoms with Gasteiger partial charge in [0.25, 0.3) is 5.56 Å². The fourth-order valence-corrected chi connectivity index (χ4v) is 5.61. The Morgan fingerprint density at radius 2 is 1.69 bits per heavy atom. The van der Waals surface area contributed by atoms with Crippen LogP contribution in [0.2, 0.25) is 0 Å². The highest BCUT2D eigenvalue weighted by Crippen LogP contribution is 2.21. The van der Waals surface area contributed by atoms with E-state index in [0.717, 1.165) is 44.9 Å². The van der Waals surface area contributed by atoms with Crippen LogP contribution < -0.4 is 15.0 Å². The Hall–Kier alpha value is -2.14. The molecule has 0 radical (unpaired) electrons. The van der Waals surface area contributed by atoms with Gasteiger partial charge in [0.1, 0.15) is 5.75 Å². The minimum absolute atomic E-state index is 0. The lowest BCUT2D eigenvalue weighted by atomic mass is 10.2. The molecule has 0 spiro atoms. The Labute approximate surface area is 218 Å². The zero-order chi connectivity index (χ0) is 23.3. The number of ether oxygens (including phenoxy) is 1. The van der Waals surface area contributed by atoms with Gasteiger partial charge >= 0.3 is 0 Å². The molecule has 1 aromatic heterocycles. The van der Waals surface area contributed by atoms with E-state index in [0.29, 0.717) is 17.4 Å². The maximum Gasteiger partial charge on any atom is 0.255 e. The van der Waals surface area contributed by atoms with Crippen molar-refractivity contribution in [2.45, 2.75) is 24.4 Å². The second-order valence-corrected chi connectivity index (χ2v) is 9.90. The van der Waals surface area contributed by atoms with Crippen LogP contribution in [0, 0.1) is 0 Å². The number of benzene rings is 2. The monoisotopic (exact) mass is 542 g/mol. The predicted molar refractivity (Wildman–Crippen MR) is 143 cm³/mol. The predicted octanol–water partition coefficient (Wildman–Crippen LogP) is 3.08. The van der Waals surface area contributed by atoms with Gasteiger partial charge in [-0.2, -0.15) is 4.72 Å². The molecule has 2 aromatic carbocycles. The number of piperazine rings is 1. The highest BCUT2D eigenvalue weighted by molar-refractivity contribution is 7.89. The van der Waals surface area contributed by atoms with E-state index in [1.165, 1.54) is 12.3 Å². The van der Waals surface area contributed by atoms with Gasteiger partial charge in [0.05, 0.1) is 17.7 Å². The summed E-state index contributed by atoms with van der Waals surface area (Å²) in [6.45, 7) is 6.79. The average molecular weight is 544 g/mol. The van der Waals surface area contributed by atoms with E-state index in [4.69, 9.17) is 4.74 Å². The van der Waals surface area contributed by atoms with Gasteiger partial charge < -0.3 is 14.6 Å². The minimum Gasteiger partial charge on any atom is -0.494 e. The number of halogens is 2. The molecular formula is C24H32Cl2N4O4S. The third-order valence-corrected chi connectivity index (χ3v) is 7.56. The molecule has 1 fully saturated rings. The highest BCUT2D eigenvalue weighted by atomic mass is 35.5. The quantitative estimate of drug-likeness (QED) is 0.403. The van der Waals surface area contributed by atoms with E-state index >= 15 is 0 Å². The van der Waals surface area contributed by atoms with Crippen LogP contribution in [-0.4, -0.2) is 68.7 Å². The molecular weight excluding hydrogens is 511 g/mol. The summed E-state index contributed by atoms with van der Waals surface area (Å²) in [5.74, 6) is 0.888. The summed E-state index contributed by atoms with van der Waals surface area (Å²) in [6.07, 6.45) is 2.06. The number of hydrogen-bond acceptors (Lipinski definition) is 6. The van der Waals surface area contributed by atoms with Crippen LogP contribution in [0.3, 0.4) is 0 Å². The van der Waals surface area contributed by atoms with E-state index in [1.54, 1.807) is 18.2 Å². The largest absolute Gasteiger partial charge is 0.494 e. The van der Waals surface area contributed by atoms with E-state index < -0.39 is 10.0 Å². The second-order valence-electron chi connectivity index (χ2n) is 8.21. The summed E-state index contributed by atoms with van der Waals surface area (Å²) in [5.41, 5.74) is -0.303. The lowest BCUT2D eigenvalue weighted by molar-refractivity contribution is 0.0943. The van der Waals surface area contributed by atoms with E-state index in [2.05, 4.69) is 19.5 Å². The lowest BCUT2D eigenvalue weighted by Crippen LogP contribution is -2.54. The zero-order valence-corrected chi connectivity index (χ0v) is 22.0. The number of aromatic nitrogens is 1. The van der Waals surface area contributed by atoms with Crippen molar-refractivity contribution in [2.75, 3.05) is 39.3 Å². The van der Waals surface area contributed by atoms with Gasteiger partial charge in [-0.05, 0) is 43.7 Å².